The highest BCUT2D eigenvalue weighted by Gasteiger charge is 2.07. The largest absolute Gasteiger partial charge is 0.497 e. The van der Waals surface area contributed by atoms with Crippen molar-refractivity contribution in [2.75, 3.05) is 7.11 Å². The lowest BCUT2D eigenvalue weighted by Crippen LogP contribution is -1.98. The molecule has 24 heavy (non-hydrogen) atoms. The maximum atomic E-state index is 11.4. The van der Waals surface area contributed by atoms with Gasteiger partial charge in [-0.25, -0.2) is 0 Å². The van der Waals surface area contributed by atoms with Crippen LogP contribution in [-0.4, -0.2) is 13.4 Å². The zero-order valence-corrected chi connectivity index (χ0v) is 13.4. The molecule has 120 valence electrons. The molecule has 3 aromatic carbocycles. The van der Waals surface area contributed by atoms with Crippen molar-refractivity contribution in [3.8, 4) is 22.6 Å². The molecule has 0 bridgehead atoms. The van der Waals surface area contributed by atoms with Crippen LogP contribution in [0.2, 0.25) is 0 Å². The molecule has 0 fully saturated rings. The van der Waals surface area contributed by atoms with Crippen molar-refractivity contribution in [3.63, 3.8) is 0 Å². The predicted molar refractivity (Wildman–Crippen MR) is 94.6 cm³/mol. The van der Waals surface area contributed by atoms with E-state index in [4.69, 9.17) is 9.47 Å². The molecule has 0 atom stereocenters. The average molecular weight is 318 g/mol. The summed E-state index contributed by atoms with van der Waals surface area (Å²) in [6.07, 6.45) is 0.823. The first-order chi connectivity index (χ1) is 11.8. The molecule has 0 aliphatic rings. The second kappa shape index (κ2) is 7.47. The van der Waals surface area contributed by atoms with Gasteiger partial charge in [0, 0.05) is 0 Å². The fraction of sp³-hybridized carbons (Fsp3) is 0.0952. The monoisotopic (exact) mass is 318 g/mol. The lowest BCUT2D eigenvalue weighted by atomic mass is 10.0. The van der Waals surface area contributed by atoms with Crippen LogP contribution in [0.4, 0.5) is 0 Å². The van der Waals surface area contributed by atoms with Crippen LogP contribution < -0.4 is 9.47 Å². The van der Waals surface area contributed by atoms with Gasteiger partial charge in [-0.05, 0) is 41.0 Å². The molecule has 0 amide bonds. The Morgan fingerprint density at radius 2 is 1.67 bits per heavy atom. The van der Waals surface area contributed by atoms with E-state index in [0.717, 1.165) is 28.7 Å². The average Bonchev–Trinajstić information content (AvgIpc) is 2.67. The number of methoxy groups -OCH3 is 1. The smallest absolute Gasteiger partial charge is 0.153 e. The van der Waals surface area contributed by atoms with Crippen LogP contribution in [0.5, 0.6) is 11.5 Å². The quantitative estimate of drug-likeness (QED) is 0.615. The van der Waals surface area contributed by atoms with E-state index in [0.29, 0.717) is 17.9 Å². The first-order valence-electron chi connectivity index (χ1n) is 7.70. The highest BCUT2D eigenvalue weighted by Crippen LogP contribution is 2.28. The summed E-state index contributed by atoms with van der Waals surface area (Å²) in [5.41, 5.74) is 3.53. The molecule has 0 spiro atoms. The van der Waals surface area contributed by atoms with Crippen LogP contribution in [0.1, 0.15) is 15.9 Å². The number of carbonyl (C=O) groups excluding carboxylic acids is 1. The molecule has 3 nitrogen and oxygen atoms in total. The first kappa shape index (κ1) is 15.8. The Morgan fingerprint density at radius 1 is 0.875 bits per heavy atom. The third-order valence-electron chi connectivity index (χ3n) is 3.78. The summed E-state index contributed by atoms with van der Waals surface area (Å²) in [4.78, 5) is 11.4. The Balaban J connectivity index is 1.83. The molecule has 0 radical (unpaired) electrons. The topological polar surface area (TPSA) is 35.5 Å². The van der Waals surface area contributed by atoms with Gasteiger partial charge in [-0.1, -0.05) is 48.5 Å². The molecule has 0 saturated carbocycles. The summed E-state index contributed by atoms with van der Waals surface area (Å²) in [6.45, 7) is 0.431. The number of ether oxygens (including phenoxy) is 2. The highest BCUT2D eigenvalue weighted by molar-refractivity contribution is 5.83. The maximum absolute atomic E-state index is 11.4. The minimum atomic E-state index is 0.431. The Hall–Kier alpha value is -3.07. The molecule has 0 unspecified atom stereocenters. The van der Waals surface area contributed by atoms with Gasteiger partial charge in [-0.2, -0.15) is 0 Å². The lowest BCUT2D eigenvalue weighted by molar-refractivity contribution is 0.111. The second-order valence-electron chi connectivity index (χ2n) is 5.38. The summed E-state index contributed by atoms with van der Waals surface area (Å²) >= 11 is 0. The van der Waals surface area contributed by atoms with Gasteiger partial charge in [-0.15, -0.1) is 0 Å². The van der Waals surface area contributed by atoms with E-state index in [9.17, 15) is 4.79 Å². The van der Waals surface area contributed by atoms with Gasteiger partial charge >= 0.3 is 0 Å². The Morgan fingerprint density at radius 3 is 2.42 bits per heavy atom. The summed E-state index contributed by atoms with van der Waals surface area (Å²) in [7, 11) is 1.64. The van der Waals surface area contributed by atoms with Crippen molar-refractivity contribution in [2.45, 2.75) is 6.61 Å². The molecule has 3 heteroatoms. The van der Waals surface area contributed by atoms with Gasteiger partial charge in [-0.3, -0.25) is 4.79 Å². The second-order valence-corrected chi connectivity index (χ2v) is 5.38. The minimum absolute atomic E-state index is 0.431. The standard InChI is InChI=1S/C21H18O3/c1-23-20-9-5-8-17(13-20)18-10-11-21(19(12-18)14-22)24-15-16-6-3-2-4-7-16/h2-14H,15H2,1H3. The van der Waals surface area contributed by atoms with Crippen molar-refractivity contribution in [3.05, 3.63) is 83.9 Å². The molecular formula is C21H18O3. The Bertz CT molecular complexity index is 825. The fourth-order valence-corrected chi connectivity index (χ4v) is 2.49. The van der Waals surface area contributed by atoms with Crippen LogP contribution >= 0.6 is 0 Å². The molecule has 0 heterocycles. The number of hydrogen-bond acceptors (Lipinski definition) is 3. The highest BCUT2D eigenvalue weighted by atomic mass is 16.5. The van der Waals surface area contributed by atoms with E-state index < -0.39 is 0 Å². The SMILES string of the molecule is COc1cccc(-c2ccc(OCc3ccccc3)c(C=O)c2)c1. The normalized spacial score (nSPS) is 10.2. The molecule has 0 aromatic heterocycles. The summed E-state index contributed by atoms with van der Waals surface area (Å²) in [5, 5.41) is 0. The number of benzene rings is 3. The van der Waals surface area contributed by atoms with Gasteiger partial charge in [0.25, 0.3) is 0 Å². The predicted octanol–water partition coefficient (Wildman–Crippen LogP) is 4.75. The fourth-order valence-electron chi connectivity index (χ4n) is 2.49. The van der Waals surface area contributed by atoms with Gasteiger partial charge in [0.15, 0.2) is 6.29 Å². The number of carbonyl (C=O) groups is 1. The van der Waals surface area contributed by atoms with Gasteiger partial charge in [0.05, 0.1) is 12.7 Å². The van der Waals surface area contributed by atoms with E-state index in [1.54, 1.807) is 7.11 Å². The molecule has 3 rings (SSSR count). The third kappa shape index (κ3) is 3.63. The number of hydrogen-bond donors (Lipinski definition) is 0. The van der Waals surface area contributed by atoms with Crippen molar-refractivity contribution >= 4 is 6.29 Å². The molecular weight excluding hydrogens is 300 g/mol. The summed E-state index contributed by atoms with van der Waals surface area (Å²) in [6, 6.07) is 23.2. The lowest BCUT2D eigenvalue weighted by Gasteiger charge is -2.11. The van der Waals surface area contributed by atoms with Crippen molar-refractivity contribution in [1.29, 1.82) is 0 Å². The van der Waals surface area contributed by atoms with Crippen molar-refractivity contribution < 1.29 is 14.3 Å². The summed E-state index contributed by atoms with van der Waals surface area (Å²) < 4.78 is 11.0. The van der Waals surface area contributed by atoms with E-state index in [1.165, 1.54) is 0 Å². The third-order valence-corrected chi connectivity index (χ3v) is 3.78. The van der Waals surface area contributed by atoms with E-state index >= 15 is 0 Å². The van der Waals surface area contributed by atoms with E-state index in [2.05, 4.69) is 0 Å². The van der Waals surface area contributed by atoms with Crippen molar-refractivity contribution in [1.82, 2.24) is 0 Å². The van der Waals surface area contributed by atoms with E-state index in [-0.39, 0.29) is 0 Å². The van der Waals surface area contributed by atoms with Crippen LogP contribution in [0, 0.1) is 0 Å². The molecule has 0 aliphatic heterocycles. The number of rotatable bonds is 6. The zero-order valence-electron chi connectivity index (χ0n) is 13.4. The van der Waals surface area contributed by atoms with Gasteiger partial charge in [0.2, 0.25) is 0 Å². The van der Waals surface area contributed by atoms with Crippen LogP contribution in [0.25, 0.3) is 11.1 Å². The maximum Gasteiger partial charge on any atom is 0.153 e. The molecule has 0 aliphatic carbocycles. The van der Waals surface area contributed by atoms with Crippen LogP contribution in [-0.2, 0) is 6.61 Å². The molecule has 0 saturated heterocycles. The Labute approximate surface area is 141 Å². The molecule has 0 N–H and O–H groups in total. The van der Waals surface area contributed by atoms with E-state index in [1.807, 2.05) is 72.8 Å². The Kier molecular flexibility index (Phi) is 4.92. The number of aldehydes is 1. The van der Waals surface area contributed by atoms with Gasteiger partial charge < -0.3 is 9.47 Å². The van der Waals surface area contributed by atoms with Crippen molar-refractivity contribution in [2.24, 2.45) is 0 Å². The summed E-state index contributed by atoms with van der Waals surface area (Å²) in [5.74, 6) is 1.37. The van der Waals surface area contributed by atoms with Crippen LogP contribution in [0.15, 0.2) is 72.8 Å². The van der Waals surface area contributed by atoms with Crippen LogP contribution in [0.3, 0.4) is 0 Å². The molecule has 3 aromatic rings. The first-order valence-corrected chi connectivity index (χ1v) is 7.70. The zero-order chi connectivity index (χ0) is 16.8. The minimum Gasteiger partial charge on any atom is -0.497 e. The van der Waals surface area contributed by atoms with Gasteiger partial charge in [0.1, 0.15) is 18.1 Å².